The van der Waals surface area contributed by atoms with E-state index in [9.17, 15) is 0 Å². The number of aromatic nitrogens is 1. The van der Waals surface area contributed by atoms with Crippen molar-refractivity contribution in [2.45, 2.75) is 61.7 Å². The Balaban J connectivity index is 1.25. The van der Waals surface area contributed by atoms with Crippen molar-refractivity contribution in [2.24, 2.45) is 0 Å². The van der Waals surface area contributed by atoms with Gasteiger partial charge in [0.25, 0.3) is 0 Å². The lowest BCUT2D eigenvalue weighted by atomic mass is 9.80. The second kappa shape index (κ2) is 15.8. The van der Waals surface area contributed by atoms with Crippen LogP contribution in [0.1, 0.15) is 45.4 Å². The van der Waals surface area contributed by atoms with Crippen molar-refractivity contribution in [1.29, 1.82) is 0 Å². The maximum absolute atomic E-state index is 7.41. The van der Waals surface area contributed by atoms with E-state index in [1.807, 2.05) is 90.4 Å². The Morgan fingerprint density at radius 1 is 0.667 bits per heavy atom. The van der Waals surface area contributed by atoms with Crippen molar-refractivity contribution in [3.63, 3.8) is 0 Å². The summed E-state index contributed by atoms with van der Waals surface area (Å²) in [6, 6.07) is 51.2. The first-order chi connectivity index (χ1) is 26.4. The Morgan fingerprint density at radius 2 is 1.17 bits per heavy atom. The van der Waals surface area contributed by atoms with E-state index >= 15 is 0 Å². The molecular weight excluding hydrogens is 711 g/mol. The molecule has 2 aliphatic heterocycles. The SMILES string of the molecule is C[Si](C)(C)O[C@]1(c2nccs2)CO[C@@H](c2ccccc2)O[C@H]1[C@@H]1O[C@@H](c2ccccc2)O[C@H]1COC(c1ccccc1)(c1ccccc1)c1ccccc1. The molecule has 0 aliphatic carbocycles. The minimum absolute atomic E-state index is 0.171. The molecule has 276 valence electrons. The Labute approximate surface area is 322 Å². The van der Waals surface area contributed by atoms with Crippen LogP contribution in [0, 0.1) is 0 Å². The number of nitrogens with zero attached hydrogens (tertiary/aromatic N) is 1. The van der Waals surface area contributed by atoms with E-state index in [-0.39, 0.29) is 13.2 Å². The highest BCUT2D eigenvalue weighted by molar-refractivity contribution is 7.09. The first-order valence-corrected chi connectivity index (χ1v) is 22.7. The van der Waals surface area contributed by atoms with Gasteiger partial charge in [0.05, 0.1) is 13.2 Å². The highest BCUT2D eigenvalue weighted by atomic mass is 32.1. The fraction of sp³-hybridized carbons (Fsp3) is 0.267. The first-order valence-electron chi connectivity index (χ1n) is 18.4. The number of benzene rings is 5. The molecule has 9 heteroatoms. The lowest BCUT2D eigenvalue weighted by Crippen LogP contribution is -2.62. The summed E-state index contributed by atoms with van der Waals surface area (Å²) >= 11 is 1.53. The van der Waals surface area contributed by atoms with Crippen molar-refractivity contribution in [3.8, 4) is 0 Å². The van der Waals surface area contributed by atoms with Crippen LogP contribution in [-0.2, 0) is 39.3 Å². The van der Waals surface area contributed by atoms with Gasteiger partial charge in [0, 0.05) is 22.7 Å². The van der Waals surface area contributed by atoms with Gasteiger partial charge in [-0.2, -0.15) is 0 Å². The van der Waals surface area contributed by atoms with Crippen LogP contribution >= 0.6 is 11.3 Å². The smallest absolute Gasteiger partial charge is 0.185 e. The molecule has 0 unspecified atom stereocenters. The van der Waals surface area contributed by atoms with Crippen LogP contribution in [0.4, 0.5) is 0 Å². The van der Waals surface area contributed by atoms with Crippen LogP contribution in [0.3, 0.4) is 0 Å². The third-order valence-corrected chi connectivity index (χ3v) is 11.8. The predicted octanol–water partition coefficient (Wildman–Crippen LogP) is 9.80. The molecule has 0 amide bonds. The van der Waals surface area contributed by atoms with E-state index in [0.717, 1.165) is 32.8 Å². The van der Waals surface area contributed by atoms with Crippen LogP contribution in [0.5, 0.6) is 0 Å². The van der Waals surface area contributed by atoms with Crippen LogP contribution in [-0.4, -0.2) is 44.8 Å². The normalized spacial score (nSPS) is 24.7. The minimum Gasteiger partial charge on any atom is -0.402 e. The molecule has 54 heavy (non-hydrogen) atoms. The molecule has 0 saturated carbocycles. The Hall–Kier alpha value is -4.29. The molecule has 0 N–H and O–H groups in total. The number of hydrogen-bond donors (Lipinski definition) is 0. The summed E-state index contributed by atoms with van der Waals surface area (Å²) in [7, 11) is -2.27. The lowest BCUT2D eigenvalue weighted by Gasteiger charge is -2.49. The number of ether oxygens (including phenoxy) is 5. The minimum atomic E-state index is -2.27. The predicted molar refractivity (Wildman–Crippen MR) is 212 cm³/mol. The molecule has 6 atom stereocenters. The Morgan fingerprint density at radius 3 is 1.65 bits per heavy atom. The molecule has 3 heterocycles. The Bertz CT molecular complexity index is 1950. The van der Waals surface area contributed by atoms with Gasteiger partial charge in [-0.1, -0.05) is 152 Å². The van der Waals surface area contributed by atoms with E-state index < -0.39 is 50.4 Å². The lowest BCUT2D eigenvalue weighted by molar-refractivity contribution is -0.314. The zero-order chi connectivity index (χ0) is 37.0. The van der Waals surface area contributed by atoms with Gasteiger partial charge in [-0.05, 0) is 36.3 Å². The summed E-state index contributed by atoms with van der Waals surface area (Å²) < 4.78 is 42.4. The second-order valence-electron chi connectivity index (χ2n) is 14.7. The van der Waals surface area contributed by atoms with Gasteiger partial charge >= 0.3 is 0 Å². The first kappa shape index (κ1) is 36.7. The van der Waals surface area contributed by atoms with Crippen molar-refractivity contribution >= 4 is 19.7 Å². The molecule has 8 rings (SSSR count). The van der Waals surface area contributed by atoms with Gasteiger partial charge in [-0.25, -0.2) is 4.98 Å². The maximum atomic E-state index is 7.41. The average molecular weight is 756 g/mol. The summed E-state index contributed by atoms with van der Waals surface area (Å²) in [6.07, 6.45) is -1.45. The Kier molecular flexibility index (Phi) is 10.7. The summed E-state index contributed by atoms with van der Waals surface area (Å²) in [4.78, 5) is 4.85. The summed E-state index contributed by atoms with van der Waals surface area (Å²) in [5.74, 6) is 0. The van der Waals surface area contributed by atoms with Crippen molar-refractivity contribution in [1.82, 2.24) is 4.98 Å². The van der Waals surface area contributed by atoms with E-state index in [2.05, 4.69) is 92.4 Å². The highest BCUT2D eigenvalue weighted by Crippen LogP contribution is 2.49. The molecule has 2 saturated heterocycles. The van der Waals surface area contributed by atoms with Gasteiger partial charge in [0.1, 0.15) is 28.9 Å². The summed E-state index contributed by atoms with van der Waals surface area (Å²) in [6.45, 7) is 6.92. The number of thiazole rings is 1. The second-order valence-corrected chi connectivity index (χ2v) is 20.0. The van der Waals surface area contributed by atoms with Gasteiger partial charge in [-0.15, -0.1) is 11.3 Å². The van der Waals surface area contributed by atoms with Gasteiger partial charge in [0.2, 0.25) is 0 Å². The van der Waals surface area contributed by atoms with Gasteiger partial charge in [0.15, 0.2) is 26.5 Å². The molecule has 0 spiro atoms. The summed E-state index contributed by atoms with van der Waals surface area (Å²) in [5.41, 5.74) is 2.78. The molecule has 2 fully saturated rings. The van der Waals surface area contributed by atoms with Crippen molar-refractivity contribution < 1.29 is 28.1 Å². The van der Waals surface area contributed by atoms with Gasteiger partial charge < -0.3 is 28.1 Å². The standard InChI is InChI=1S/C45H45NO6SSi/c1-54(2,3)52-44(43-46-29-30-53-43)32-47-41(33-19-9-4-10-20-33)51-40(44)39-38(49-42(50-39)34-21-11-5-12-22-34)31-48-45(35-23-13-6-14-24-35,36-25-15-7-16-26-36)37-27-17-8-18-28-37/h4-30,38-42H,31-32H2,1-3H3/t38-,39+,40-,41+,42-,44+/m0/s1. The molecule has 0 radical (unpaired) electrons. The van der Waals surface area contributed by atoms with Crippen LogP contribution in [0.25, 0.3) is 0 Å². The molecule has 1 aromatic heterocycles. The number of rotatable bonds is 12. The van der Waals surface area contributed by atoms with Crippen LogP contribution in [0.2, 0.25) is 19.6 Å². The average Bonchev–Trinajstić information content (AvgIpc) is 3.92. The molecule has 6 aromatic rings. The zero-order valence-corrected chi connectivity index (χ0v) is 32.5. The van der Waals surface area contributed by atoms with Gasteiger partial charge in [-0.3, -0.25) is 0 Å². The summed E-state index contributed by atoms with van der Waals surface area (Å²) in [5, 5.41) is 2.75. The van der Waals surface area contributed by atoms with E-state index in [1.54, 1.807) is 0 Å². The van der Waals surface area contributed by atoms with E-state index in [1.165, 1.54) is 11.3 Å². The number of hydrogen-bond acceptors (Lipinski definition) is 8. The largest absolute Gasteiger partial charge is 0.402 e. The molecule has 5 aromatic carbocycles. The van der Waals surface area contributed by atoms with Crippen LogP contribution in [0.15, 0.2) is 163 Å². The molecule has 7 nitrogen and oxygen atoms in total. The fourth-order valence-electron chi connectivity index (χ4n) is 7.63. The van der Waals surface area contributed by atoms with E-state index in [0.29, 0.717) is 0 Å². The maximum Gasteiger partial charge on any atom is 0.185 e. The molecule has 0 bridgehead atoms. The quantitative estimate of drug-likeness (QED) is 0.0910. The van der Waals surface area contributed by atoms with Crippen molar-refractivity contribution in [3.05, 3.63) is 196 Å². The fourth-order valence-corrected chi connectivity index (χ4v) is 9.85. The molecular formula is C45H45NO6SSi. The zero-order valence-electron chi connectivity index (χ0n) is 30.7. The molecule has 2 aliphatic rings. The highest BCUT2D eigenvalue weighted by Gasteiger charge is 2.59. The third-order valence-electron chi connectivity index (χ3n) is 9.85. The third kappa shape index (κ3) is 7.39. The monoisotopic (exact) mass is 755 g/mol. The van der Waals surface area contributed by atoms with Crippen LogP contribution < -0.4 is 0 Å². The topological polar surface area (TPSA) is 68.3 Å². The van der Waals surface area contributed by atoms with Crippen molar-refractivity contribution in [2.75, 3.05) is 13.2 Å². The van der Waals surface area contributed by atoms with E-state index in [4.69, 9.17) is 33.1 Å².